The van der Waals surface area contributed by atoms with E-state index in [0.29, 0.717) is 26.3 Å². The first kappa shape index (κ1) is 16.1. The Hall–Kier alpha value is -0.950. The van der Waals surface area contributed by atoms with Gasteiger partial charge in [-0.2, -0.15) is 0 Å². The first-order valence-corrected chi connectivity index (χ1v) is 7.13. The van der Waals surface area contributed by atoms with E-state index in [0.717, 1.165) is 18.0 Å². The molecule has 1 aromatic rings. The smallest absolute Gasteiger partial charge is 0.234 e. The molecule has 1 heterocycles. The molecule has 1 amide bonds. The number of methoxy groups -OCH3 is 2. The van der Waals surface area contributed by atoms with Crippen molar-refractivity contribution >= 4 is 17.2 Å². The summed E-state index contributed by atoms with van der Waals surface area (Å²) < 4.78 is 10.1. The van der Waals surface area contributed by atoms with Crippen molar-refractivity contribution in [2.24, 2.45) is 0 Å². The summed E-state index contributed by atoms with van der Waals surface area (Å²) in [6, 6.07) is 3.99. The van der Waals surface area contributed by atoms with E-state index in [2.05, 4.69) is 5.32 Å². The topological polar surface area (TPSA) is 50.8 Å². The summed E-state index contributed by atoms with van der Waals surface area (Å²) in [4.78, 5) is 15.0. The molecule has 0 aliphatic carbocycles. The third-order valence-electron chi connectivity index (χ3n) is 2.63. The molecule has 5 nitrogen and oxygen atoms in total. The van der Waals surface area contributed by atoms with Crippen molar-refractivity contribution in [3.63, 3.8) is 0 Å². The Kier molecular flexibility index (Phi) is 8.40. The number of carbonyl (C=O) groups is 1. The Labute approximate surface area is 118 Å². The standard InChI is InChI=1S/C13H22N2O3S/c1-17-7-5-15(6-8-18-2)11-13(16)14-10-12-4-3-9-19-12/h3-4,9H,5-8,10-11H2,1-2H3,(H,14,16). The van der Waals surface area contributed by atoms with Crippen LogP contribution in [0.3, 0.4) is 0 Å². The van der Waals surface area contributed by atoms with Crippen LogP contribution in [0, 0.1) is 0 Å². The van der Waals surface area contributed by atoms with Crippen LogP contribution in [-0.4, -0.2) is 57.9 Å². The lowest BCUT2D eigenvalue weighted by Crippen LogP contribution is -2.40. The SMILES string of the molecule is COCCN(CCOC)CC(=O)NCc1cccs1. The zero-order valence-corrected chi connectivity index (χ0v) is 12.4. The Morgan fingerprint density at radius 2 is 2.00 bits per heavy atom. The average Bonchev–Trinajstić information content (AvgIpc) is 2.92. The van der Waals surface area contributed by atoms with E-state index in [4.69, 9.17) is 9.47 Å². The van der Waals surface area contributed by atoms with Crippen molar-refractivity contribution in [3.8, 4) is 0 Å². The molecule has 0 atom stereocenters. The number of ether oxygens (including phenoxy) is 2. The van der Waals surface area contributed by atoms with E-state index in [-0.39, 0.29) is 5.91 Å². The van der Waals surface area contributed by atoms with Crippen molar-refractivity contribution < 1.29 is 14.3 Å². The maximum Gasteiger partial charge on any atom is 0.234 e. The predicted molar refractivity (Wildman–Crippen MR) is 76.4 cm³/mol. The van der Waals surface area contributed by atoms with Gasteiger partial charge in [-0.3, -0.25) is 9.69 Å². The predicted octanol–water partition coefficient (Wildman–Crippen LogP) is 0.959. The van der Waals surface area contributed by atoms with Crippen molar-refractivity contribution in [1.29, 1.82) is 0 Å². The number of thiophene rings is 1. The summed E-state index contributed by atoms with van der Waals surface area (Å²) in [7, 11) is 3.32. The van der Waals surface area contributed by atoms with E-state index >= 15 is 0 Å². The molecule has 1 N–H and O–H groups in total. The van der Waals surface area contributed by atoms with E-state index in [1.807, 2.05) is 22.4 Å². The van der Waals surface area contributed by atoms with Gasteiger partial charge in [0, 0.05) is 32.2 Å². The van der Waals surface area contributed by atoms with Gasteiger partial charge in [0.2, 0.25) is 5.91 Å². The summed E-state index contributed by atoms with van der Waals surface area (Å²) in [5.41, 5.74) is 0. The zero-order chi connectivity index (χ0) is 13.9. The van der Waals surface area contributed by atoms with Crippen LogP contribution in [0.15, 0.2) is 17.5 Å². The summed E-state index contributed by atoms with van der Waals surface area (Å²) in [6.07, 6.45) is 0. The highest BCUT2D eigenvalue weighted by molar-refractivity contribution is 7.09. The molecule has 1 rings (SSSR count). The van der Waals surface area contributed by atoms with Gasteiger partial charge >= 0.3 is 0 Å². The second kappa shape index (κ2) is 9.91. The van der Waals surface area contributed by atoms with Gasteiger partial charge in [0.05, 0.1) is 26.3 Å². The second-order valence-electron chi connectivity index (χ2n) is 4.12. The van der Waals surface area contributed by atoms with Crippen LogP contribution in [0.5, 0.6) is 0 Å². The van der Waals surface area contributed by atoms with Gasteiger partial charge < -0.3 is 14.8 Å². The lowest BCUT2D eigenvalue weighted by molar-refractivity contribution is -0.122. The minimum atomic E-state index is 0.0283. The Morgan fingerprint density at radius 1 is 1.32 bits per heavy atom. The molecule has 19 heavy (non-hydrogen) atoms. The lowest BCUT2D eigenvalue weighted by Gasteiger charge is -2.20. The third kappa shape index (κ3) is 7.27. The van der Waals surface area contributed by atoms with Gasteiger partial charge in [-0.05, 0) is 11.4 Å². The van der Waals surface area contributed by atoms with Crippen LogP contribution in [-0.2, 0) is 20.8 Å². The highest BCUT2D eigenvalue weighted by Gasteiger charge is 2.10. The third-order valence-corrected chi connectivity index (χ3v) is 3.51. The van der Waals surface area contributed by atoms with Gasteiger partial charge in [0.25, 0.3) is 0 Å². The molecule has 0 aromatic carbocycles. The molecule has 0 fully saturated rings. The average molecular weight is 286 g/mol. The van der Waals surface area contributed by atoms with Crippen LogP contribution in [0.1, 0.15) is 4.88 Å². The normalized spacial score (nSPS) is 10.9. The minimum absolute atomic E-state index is 0.0283. The van der Waals surface area contributed by atoms with E-state index < -0.39 is 0 Å². The van der Waals surface area contributed by atoms with Crippen LogP contribution in [0.4, 0.5) is 0 Å². The first-order chi connectivity index (χ1) is 9.26. The molecule has 0 radical (unpaired) electrons. The Morgan fingerprint density at radius 3 is 2.53 bits per heavy atom. The summed E-state index contributed by atoms with van der Waals surface area (Å²) in [6.45, 7) is 3.65. The lowest BCUT2D eigenvalue weighted by atomic mass is 10.4. The quantitative estimate of drug-likeness (QED) is 0.696. The van der Waals surface area contributed by atoms with Gasteiger partial charge in [0.1, 0.15) is 0 Å². The van der Waals surface area contributed by atoms with Gasteiger partial charge in [0.15, 0.2) is 0 Å². The first-order valence-electron chi connectivity index (χ1n) is 6.25. The van der Waals surface area contributed by atoms with Crippen molar-refractivity contribution in [2.75, 3.05) is 47.1 Å². The molecule has 0 saturated heterocycles. The molecule has 1 aromatic heterocycles. The van der Waals surface area contributed by atoms with Crippen LogP contribution in [0.25, 0.3) is 0 Å². The highest BCUT2D eigenvalue weighted by Crippen LogP contribution is 2.07. The Bertz CT molecular complexity index is 336. The summed E-state index contributed by atoms with van der Waals surface area (Å²) in [5.74, 6) is 0.0283. The molecular formula is C13H22N2O3S. The summed E-state index contributed by atoms with van der Waals surface area (Å²) >= 11 is 1.64. The Balaban J connectivity index is 2.28. The van der Waals surface area contributed by atoms with Crippen LogP contribution < -0.4 is 5.32 Å². The fourth-order valence-corrected chi connectivity index (χ4v) is 2.21. The molecule has 0 aliphatic heterocycles. The molecular weight excluding hydrogens is 264 g/mol. The maximum atomic E-state index is 11.8. The van der Waals surface area contributed by atoms with E-state index in [1.165, 1.54) is 0 Å². The molecule has 108 valence electrons. The fraction of sp³-hybridized carbons (Fsp3) is 0.615. The van der Waals surface area contributed by atoms with Crippen LogP contribution in [0.2, 0.25) is 0 Å². The molecule has 0 unspecified atom stereocenters. The van der Waals surface area contributed by atoms with E-state index in [1.54, 1.807) is 25.6 Å². The largest absolute Gasteiger partial charge is 0.383 e. The number of rotatable bonds is 10. The molecule has 0 saturated carbocycles. The van der Waals surface area contributed by atoms with Crippen LogP contribution >= 0.6 is 11.3 Å². The second-order valence-corrected chi connectivity index (χ2v) is 5.15. The van der Waals surface area contributed by atoms with Gasteiger partial charge in [-0.25, -0.2) is 0 Å². The minimum Gasteiger partial charge on any atom is -0.383 e. The number of carbonyl (C=O) groups excluding carboxylic acids is 1. The number of hydrogen-bond donors (Lipinski definition) is 1. The molecule has 0 bridgehead atoms. The van der Waals surface area contributed by atoms with Gasteiger partial charge in [-0.15, -0.1) is 11.3 Å². The van der Waals surface area contributed by atoms with E-state index in [9.17, 15) is 4.79 Å². The number of nitrogens with one attached hydrogen (secondary N) is 1. The molecule has 6 heteroatoms. The number of nitrogens with zero attached hydrogens (tertiary/aromatic N) is 1. The fourth-order valence-electron chi connectivity index (χ4n) is 1.57. The van der Waals surface area contributed by atoms with Crippen molar-refractivity contribution in [1.82, 2.24) is 10.2 Å². The number of hydrogen-bond acceptors (Lipinski definition) is 5. The maximum absolute atomic E-state index is 11.8. The number of amides is 1. The molecule has 0 spiro atoms. The summed E-state index contributed by atoms with van der Waals surface area (Å²) in [5, 5.41) is 4.92. The monoisotopic (exact) mass is 286 g/mol. The van der Waals surface area contributed by atoms with Crippen molar-refractivity contribution in [2.45, 2.75) is 6.54 Å². The molecule has 0 aliphatic rings. The van der Waals surface area contributed by atoms with Crippen molar-refractivity contribution in [3.05, 3.63) is 22.4 Å². The van der Waals surface area contributed by atoms with Gasteiger partial charge in [-0.1, -0.05) is 6.07 Å². The highest BCUT2D eigenvalue weighted by atomic mass is 32.1. The zero-order valence-electron chi connectivity index (χ0n) is 11.6.